The first-order valence-electron chi connectivity index (χ1n) is 7.11. The Hall–Kier alpha value is -2.21. The van der Waals surface area contributed by atoms with Gasteiger partial charge in [-0.25, -0.2) is 9.48 Å². The first-order valence-corrected chi connectivity index (χ1v) is 7.11. The van der Waals surface area contributed by atoms with Crippen LogP contribution in [0.2, 0.25) is 0 Å². The smallest absolute Gasteiger partial charge is 0.358 e. The Balaban J connectivity index is 2.07. The Labute approximate surface area is 123 Å². The molecule has 0 spiro atoms. The molecule has 1 aliphatic heterocycles. The maximum absolute atomic E-state index is 11.1. The van der Waals surface area contributed by atoms with Crippen molar-refractivity contribution in [1.82, 2.24) is 19.9 Å². The molecule has 1 N–H and O–H groups in total. The highest BCUT2D eigenvalue weighted by atomic mass is 16.4. The number of benzene rings is 1. The molecular formula is C15H18N4O2. The van der Waals surface area contributed by atoms with E-state index >= 15 is 0 Å². The molecule has 1 aromatic heterocycles. The lowest BCUT2D eigenvalue weighted by molar-refractivity contribution is 0.0689. The Bertz CT molecular complexity index is 693. The second kappa shape index (κ2) is 5.29. The Morgan fingerprint density at radius 2 is 2.24 bits per heavy atom. The van der Waals surface area contributed by atoms with Crippen LogP contribution in [0.5, 0.6) is 0 Å². The topological polar surface area (TPSA) is 71.2 Å². The fraction of sp³-hybridized carbons (Fsp3) is 0.400. The van der Waals surface area contributed by atoms with Gasteiger partial charge in [-0.15, -0.1) is 5.10 Å². The van der Waals surface area contributed by atoms with E-state index in [1.54, 1.807) is 11.6 Å². The molecule has 0 saturated carbocycles. The molecule has 0 unspecified atom stereocenters. The summed E-state index contributed by atoms with van der Waals surface area (Å²) in [5.41, 5.74) is 4.05. The average molecular weight is 286 g/mol. The third-order valence-corrected chi connectivity index (χ3v) is 4.09. The number of aromatic nitrogens is 3. The van der Waals surface area contributed by atoms with E-state index in [9.17, 15) is 4.79 Å². The second-order valence-electron chi connectivity index (χ2n) is 5.27. The summed E-state index contributed by atoms with van der Waals surface area (Å²) in [5.74, 6) is -1.04. The summed E-state index contributed by atoms with van der Waals surface area (Å²) < 4.78 is 1.64. The zero-order valence-electron chi connectivity index (χ0n) is 12.2. The molecule has 0 fully saturated rings. The minimum absolute atomic E-state index is 0.0126. The number of carboxylic acid groups (broad SMARTS) is 1. The normalized spacial score (nSPS) is 15.0. The molecule has 2 heterocycles. The number of hydrogen-bond donors (Lipinski definition) is 1. The molecule has 6 nitrogen and oxygen atoms in total. The van der Waals surface area contributed by atoms with Crippen molar-refractivity contribution in [3.63, 3.8) is 0 Å². The van der Waals surface area contributed by atoms with Gasteiger partial charge in [-0.2, -0.15) is 0 Å². The number of fused-ring (bicyclic) bond motifs is 1. The Morgan fingerprint density at radius 3 is 2.90 bits per heavy atom. The van der Waals surface area contributed by atoms with Crippen molar-refractivity contribution >= 4 is 5.97 Å². The highest BCUT2D eigenvalue weighted by Crippen LogP contribution is 2.25. The van der Waals surface area contributed by atoms with E-state index in [0.29, 0.717) is 5.69 Å². The molecule has 0 atom stereocenters. The lowest BCUT2D eigenvalue weighted by atomic mass is 9.97. The molecule has 1 aliphatic rings. The van der Waals surface area contributed by atoms with E-state index in [1.165, 1.54) is 11.1 Å². The third-order valence-electron chi connectivity index (χ3n) is 4.09. The van der Waals surface area contributed by atoms with Crippen molar-refractivity contribution in [3.05, 3.63) is 40.7 Å². The highest BCUT2D eigenvalue weighted by molar-refractivity contribution is 5.86. The van der Waals surface area contributed by atoms with Gasteiger partial charge in [-0.1, -0.05) is 24.3 Å². The molecule has 2 aromatic rings. The number of carbonyl (C=O) groups is 1. The van der Waals surface area contributed by atoms with E-state index in [4.69, 9.17) is 5.11 Å². The number of carboxylic acids is 1. The number of hydrogen-bond acceptors (Lipinski definition) is 4. The minimum Gasteiger partial charge on any atom is -0.476 e. The zero-order chi connectivity index (χ0) is 15.0. The van der Waals surface area contributed by atoms with Crippen LogP contribution in [0.1, 0.15) is 34.2 Å². The van der Waals surface area contributed by atoms with Crippen LogP contribution in [0, 0.1) is 6.92 Å². The van der Waals surface area contributed by atoms with Gasteiger partial charge in [0, 0.05) is 13.1 Å². The largest absolute Gasteiger partial charge is 0.476 e. The van der Waals surface area contributed by atoms with E-state index in [1.807, 2.05) is 12.1 Å². The number of rotatable bonds is 3. The third kappa shape index (κ3) is 2.31. The van der Waals surface area contributed by atoms with Gasteiger partial charge < -0.3 is 5.11 Å². The summed E-state index contributed by atoms with van der Waals surface area (Å²) in [5, 5.41) is 16.9. The molecule has 1 aromatic carbocycles. The van der Waals surface area contributed by atoms with Crippen LogP contribution in [0.4, 0.5) is 0 Å². The fourth-order valence-electron chi connectivity index (χ4n) is 2.87. The number of nitrogens with zero attached hydrogens (tertiary/aromatic N) is 4. The standard InChI is InChI=1S/C15H18N4O2/c1-3-18-8-7-12-11(9-18)5-4-6-13(12)19-10(2)14(15(20)21)16-17-19/h4-6H,3,7-9H2,1-2H3,(H,20,21). The molecule has 21 heavy (non-hydrogen) atoms. The number of likely N-dealkylation sites (N-methyl/N-ethyl adjacent to an activating group) is 1. The van der Waals surface area contributed by atoms with Crippen LogP contribution < -0.4 is 0 Å². The molecule has 0 bridgehead atoms. The van der Waals surface area contributed by atoms with Gasteiger partial charge in [0.2, 0.25) is 0 Å². The average Bonchev–Trinajstić information content (AvgIpc) is 2.87. The number of aromatic carboxylic acids is 1. The molecule has 110 valence electrons. The lowest BCUT2D eigenvalue weighted by Gasteiger charge is -2.28. The van der Waals surface area contributed by atoms with Crippen LogP contribution in [0.15, 0.2) is 18.2 Å². The second-order valence-corrected chi connectivity index (χ2v) is 5.27. The monoisotopic (exact) mass is 286 g/mol. The first kappa shape index (κ1) is 13.8. The summed E-state index contributed by atoms with van der Waals surface area (Å²) in [7, 11) is 0. The first-order chi connectivity index (χ1) is 10.1. The molecule has 0 radical (unpaired) electrons. The van der Waals surface area contributed by atoms with Gasteiger partial charge in [-0.3, -0.25) is 4.90 Å². The van der Waals surface area contributed by atoms with Crippen molar-refractivity contribution in [3.8, 4) is 5.69 Å². The van der Waals surface area contributed by atoms with Crippen LogP contribution in [-0.2, 0) is 13.0 Å². The Kier molecular flexibility index (Phi) is 3.47. The van der Waals surface area contributed by atoms with E-state index in [0.717, 1.165) is 31.7 Å². The molecule has 0 amide bonds. The van der Waals surface area contributed by atoms with Crippen LogP contribution in [-0.4, -0.2) is 44.1 Å². The molecule has 3 rings (SSSR count). The summed E-state index contributed by atoms with van der Waals surface area (Å²) in [6, 6.07) is 6.10. The van der Waals surface area contributed by atoms with Gasteiger partial charge in [0.25, 0.3) is 0 Å². The lowest BCUT2D eigenvalue weighted by Crippen LogP contribution is -2.31. The SMILES string of the molecule is CCN1CCc2c(cccc2-n2nnc(C(=O)O)c2C)C1. The molecule has 0 saturated heterocycles. The van der Waals surface area contributed by atoms with Crippen molar-refractivity contribution in [2.75, 3.05) is 13.1 Å². The fourth-order valence-corrected chi connectivity index (χ4v) is 2.87. The Morgan fingerprint density at radius 1 is 1.43 bits per heavy atom. The van der Waals surface area contributed by atoms with Crippen LogP contribution >= 0.6 is 0 Å². The highest BCUT2D eigenvalue weighted by Gasteiger charge is 2.22. The molecule has 0 aliphatic carbocycles. The minimum atomic E-state index is -1.04. The van der Waals surface area contributed by atoms with E-state index in [-0.39, 0.29) is 5.69 Å². The van der Waals surface area contributed by atoms with Gasteiger partial charge in [0.15, 0.2) is 5.69 Å². The van der Waals surface area contributed by atoms with Crippen molar-refractivity contribution in [2.24, 2.45) is 0 Å². The summed E-state index contributed by atoms with van der Waals surface area (Å²) in [6.45, 7) is 6.88. The van der Waals surface area contributed by atoms with Gasteiger partial charge in [-0.05, 0) is 37.1 Å². The van der Waals surface area contributed by atoms with Gasteiger partial charge >= 0.3 is 5.97 Å². The van der Waals surface area contributed by atoms with E-state index in [2.05, 4.69) is 28.2 Å². The van der Waals surface area contributed by atoms with Gasteiger partial charge in [0.1, 0.15) is 0 Å². The maximum atomic E-state index is 11.1. The summed E-state index contributed by atoms with van der Waals surface area (Å²) in [4.78, 5) is 13.5. The van der Waals surface area contributed by atoms with Crippen molar-refractivity contribution < 1.29 is 9.90 Å². The van der Waals surface area contributed by atoms with E-state index < -0.39 is 5.97 Å². The maximum Gasteiger partial charge on any atom is 0.358 e. The zero-order valence-corrected chi connectivity index (χ0v) is 12.2. The predicted octanol–water partition coefficient (Wildman–Crippen LogP) is 1.65. The quantitative estimate of drug-likeness (QED) is 0.929. The van der Waals surface area contributed by atoms with Crippen LogP contribution in [0.25, 0.3) is 5.69 Å². The summed E-state index contributed by atoms with van der Waals surface area (Å²) in [6.07, 6.45) is 0.945. The molecular weight excluding hydrogens is 268 g/mol. The van der Waals surface area contributed by atoms with Gasteiger partial charge in [0.05, 0.1) is 11.4 Å². The van der Waals surface area contributed by atoms with Crippen molar-refractivity contribution in [2.45, 2.75) is 26.8 Å². The molecule has 6 heteroatoms. The predicted molar refractivity (Wildman–Crippen MR) is 77.7 cm³/mol. The van der Waals surface area contributed by atoms with Crippen LogP contribution in [0.3, 0.4) is 0 Å². The van der Waals surface area contributed by atoms with Crippen molar-refractivity contribution in [1.29, 1.82) is 0 Å². The summed E-state index contributed by atoms with van der Waals surface area (Å²) >= 11 is 0.